The van der Waals surface area contributed by atoms with Crippen LogP contribution < -0.4 is 16.0 Å². The van der Waals surface area contributed by atoms with Crippen LogP contribution in [-0.2, 0) is 9.53 Å². The number of carbonyl (C=O) groups excluding carboxylic acids is 1. The fraction of sp³-hybridized carbons (Fsp3) is 0.586. The minimum absolute atomic E-state index is 0.123. The zero-order valence-corrected chi connectivity index (χ0v) is 23.6. The normalized spacial score (nSPS) is 30.3. The van der Waals surface area contributed by atoms with E-state index >= 15 is 0 Å². The van der Waals surface area contributed by atoms with Crippen LogP contribution >= 0.6 is 11.6 Å². The van der Waals surface area contributed by atoms with Crippen LogP contribution in [-0.4, -0.2) is 61.9 Å². The minimum Gasteiger partial charge on any atom is -0.480 e. The van der Waals surface area contributed by atoms with Crippen LogP contribution in [0.15, 0.2) is 63.0 Å². The summed E-state index contributed by atoms with van der Waals surface area (Å²) in [6.07, 6.45) is 8.60. The van der Waals surface area contributed by atoms with Gasteiger partial charge in [-0.25, -0.2) is 4.99 Å². The van der Waals surface area contributed by atoms with E-state index in [2.05, 4.69) is 28.1 Å². The highest BCUT2D eigenvalue weighted by molar-refractivity contribution is 6.29. The van der Waals surface area contributed by atoms with Crippen molar-refractivity contribution >= 4 is 23.3 Å². The van der Waals surface area contributed by atoms with Gasteiger partial charge in [0.25, 0.3) is 0 Å². The molecule has 0 aromatic carbocycles. The maximum atomic E-state index is 13.7. The first kappa shape index (κ1) is 28.8. The molecule has 218 valence electrons. The van der Waals surface area contributed by atoms with Crippen molar-refractivity contribution in [1.29, 1.82) is 0 Å². The molecule has 5 rings (SSSR count). The molecule has 0 bridgehead atoms. The average Bonchev–Trinajstić information content (AvgIpc) is 3.39. The summed E-state index contributed by atoms with van der Waals surface area (Å²) >= 11 is 5.98. The van der Waals surface area contributed by atoms with Crippen LogP contribution in [0.1, 0.15) is 51.4 Å². The molecule has 1 saturated carbocycles. The molecule has 1 fully saturated rings. The highest BCUT2D eigenvalue weighted by atomic mass is 35.5. The third kappa shape index (κ3) is 6.60. The second-order valence-electron chi connectivity index (χ2n) is 11.3. The average molecular weight is 580 g/mol. The van der Waals surface area contributed by atoms with Crippen LogP contribution in [0, 0.1) is 11.8 Å². The molecule has 7 nitrogen and oxygen atoms in total. The highest BCUT2D eigenvalue weighted by Gasteiger charge is 2.52. The Morgan fingerprint density at radius 2 is 1.90 bits per heavy atom. The predicted molar refractivity (Wildman–Crippen MR) is 149 cm³/mol. The van der Waals surface area contributed by atoms with Gasteiger partial charge in [0.05, 0.1) is 0 Å². The van der Waals surface area contributed by atoms with Crippen LogP contribution in [0.3, 0.4) is 0 Å². The van der Waals surface area contributed by atoms with Crippen molar-refractivity contribution in [2.45, 2.75) is 76.0 Å². The second kappa shape index (κ2) is 12.0. The first-order valence-electron chi connectivity index (χ1n) is 14.1. The number of nitrogens with zero attached hydrogens (tertiary/aromatic N) is 2. The lowest BCUT2D eigenvalue weighted by atomic mass is 9.85. The van der Waals surface area contributed by atoms with E-state index in [1.165, 1.54) is 6.08 Å². The van der Waals surface area contributed by atoms with E-state index < -0.39 is 24.1 Å². The molecule has 5 aliphatic rings. The fourth-order valence-corrected chi connectivity index (χ4v) is 6.09. The van der Waals surface area contributed by atoms with Crippen LogP contribution in [0.2, 0.25) is 0 Å². The van der Waals surface area contributed by atoms with Gasteiger partial charge in [-0.05, 0) is 75.0 Å². The lowest BCUT2D eigenvalue weighted by Gasteiger charge is -2.36. The number of aliphatic imine (C=N–C) groups is 1. The molecule has 3 aliphatic carbocycles. The number of amides is 1. The van der Waals surface area contributed by atoms with E-state index in [-0.39, 0.29) is 24.0 Å². The Morgan fingerprint density at radius 1 is 1.15 bits per heavy atom. The topological polar surface area (TPSA) is 78.0 Å². The smallest absolute Gasteiger partial charge is 0.426 e. The molecule has 3 atom stereocenters. The molecule has 1 amide bonds. The minimum atomic E-state index is -4.65. The number of amidine groups is 1. The Morgan fingerprint density at radius 3 is 2.58 bits per heavy atom. The number of alkyl halides is 3. The quantitative estimate of drug-likeness (QED) is 0.413. The first-order chi connectivity index (χ1) is 19.1. The summed E-state index contributed by atoms with van der Waals surface area (Å²) in [6.45, 7) is 0.350. The molecule has 0 spiro atoms. The first-order valence-corrected chi connectivity index (χ1v) is 14.4. The van der Waals surface area contributed by atoms with E-state index in [9.17, 15) is 18.0 Å². The SMILES string of the molecule is CN(C)C1=NC(NC2CCC(CNC(=O)C3C=C(C4=CC=C(Cl)CC4)OC3C(F)(F)F)CC2)NC2=CCCC=C21. The van der Waals surface area contributed by atoms with E-state index in [4.69, 9.17) is 21.3 Å². The zero-order valence-electron chi connectivity index (χ0n) is 22.9. The van der Waals surface area contributed by atoms with Crippen molar-refractivity contribution < 1.29 is 22.7 Å². The number of rotatable bonds is 6. The summed E-state index contributed by atoms with van der Waals surface area (Å²) in [7, 11) is 4.00. The van der Waals surface area contributed by atoms with E-state index in [1.807, 2.05) is 19.0 Å². The van der Waals surface area contributed by atoms with Crippen LogP contribution in [0.25, 0.3) is 0 Å². The van der Waals surface area contributed by atoms with Crippen molar-refractivity contribution in [1.82, 2.24) is 20.9 Å². The van der Waals surface area contributed by atoms with Crippen LogP contribution in [0.4, 0.5) is 13.2 Å². The fourth-order valence-electron chi connectivity index (χ4n) is 5.93. The van der Waals surface area contributed by atoms with Gasteiger partial charge in [-0.3, -0.25) is 10.1 Å². The predicted octanol–water partition coefficient (Wildman–Crippen LogP) is 5.01. The third-order valence-electron chi connectivity index (χ3n) is 8.12. The number of nitrogens with one attached hydrogen (secondary N) is 3. The van der Waals surface area contributed by atoms with Gasteiger partial charge in [0, 0.05) is 43.0 Å². The number of fused-ring (bicyclic) bond motifs is 1. The molecule has 11 heteroatoms. The van der Waals surface area contributed by atoms with Crippen molar-refractivity contribution in [2.75, 3.05) is 20.6 Å². The molecule has 0 aromatic rings. The Balaban J connectivity index is 1.13. The van der Waals surface area contributed by atoms with Crippen molar-refractivity contribution in [2.24, 2.45) is 16.8 Å². The second-order valence-corrected chi connectivity index (χ2v) is 11.8. The van der Waals surface area contributed by atoms with Crippen molar-refractivity contribution in [3.63, 3.8) is 0 Å². The summed E-state index contributed by atoms with van der Waals surface area (Å²) in [4.78, 5) is 19.8. The van der Waals surface area contributed by atoms with Gasteiger partial charge in [0.15, 0.2) is 6.29 Å². The molecular weight excluding hydrogens is 543 g/mol. The van der Waals surface area contributed by atoms with E-state index in [0.29, 0.717) is 30.0 Å². The Labute approximate surface area is 238 Å². The maximum Gasteiger partial charge on any atom is 0.426 e. The maximum absolute atomic E-state index is 13.7. The van der Waals surface area contributed by atoms with Crippen LogP contribution in [0.5, 0.6) is 0 Å². The summed E-state index contributed by atoms with van der Waals surface area (Å²) < 4.78 is 46.5. The van der Waals surface area contributed by atoms with E-state index in [1.54, 1.807) is 12.2 Å². The summed E-state index contributed by atoms with van der Waals surface area (Å²) in [6, 6.07) is 0.265. The Hall–Kier alpha value is -2.72. The van der Waals surface area contributed by atoms with Gasteiger partial charge in [-0.2, -0.15) is 13.2 Å². The Kier molecular flexibility index (Phi) is 8.66. The molecular formula is C29H37ClF3N5O2. The van der Waals surface area contributed by atoms with Gasteiger partial charge >= 0.3 is 6.18 Å². The molecule has 2 aliphatic heterocycles. The number of hydrogen-bond acceptors (Lipinski definition) is 6. The number of allylic oxidation sites excluding steroid dienone is 6. The number of likely N-dealkylation sites (N-methyl/N-ethyl adjacent to an activating group) is 1. The molecule has 0 radical (unpaired) electrons. The summed E-state index contributed by atoms with van der Waals surface area (Å²) in [5.41, 5.74) is 2.89. The molecule has 40 heavy (non-hydrogen) atoms. The standard InChI is InChI=1S/C29H37ClF3N5O2/c1-38(2)26-21-5-3-4-6-23(21)36-28(37-26)35-20-13-7-17(8-14-20)16-34-27(39)22-15-24(40-25(22)29(31,32)33)18-9-11-19(30)12-10-18/h5-6,9,11,15,17,20,22,25,28,35-36H,3-4,7-8,10,12-14,16H2,1-2H3,(H,34,39). The molecule has 2 heterocycles. The molecule has 3 N–H and O–H groups in total. The van der Waals surface area contributed by atoms with E-state index in [0.717, 1.165) is 55.6 Å². The van der Waals surface area contributed by atoms with Gasteiger partial charge < -0.3 is 20.3 Å². The largest absolute Gasteiger partial charge is 0.480 e. The lowest BCUT2D eigenvalue weighted by Crippen LogP contribution is -2.52. The molecule has 0 saturated heterocycles. The monoisotopic (exact) mass is 579 g/mol. The number of ether oxygens (including phenoxy) is 1. The number of hydrogen-bond donors (Lipinski definition) is 3. The highest BCUT2D eigenvalue weighted by Crippen LogP contribution is 2.40. The van der Waals surface area contributed by atoms with Gasteiger partial charge in [0.1, 0.15) is 17.5 Å². The summed E-state index contributed by atoms with van der Waals surface area (Å²) in [5.74, 6) is -0.767. The third-order valence-corrected chi connectivity index (χ3v) is 8.43. The zero-order chi connectivity index (χ0) is 28.4. The van der Waals surface area contributed by atoms with Gasteiger partial charge in [0.2, 0.25) is 12.0 Å². The van der Waals surface area contributed by atoms with Gasteiger partial charge in [-0.15, -0.1) is 0 Å². The lowest BCUT2D eigenvalue weighted by molar-refractivity contribution is -0.213. The number of carbonyl (C=O) groups is 1. The summed E-state index contributed by atoms with van der Waals surface area (Å²) in [5, 5.41) is 10.5. The molecule has 3 unspecified atom stereocenters. The Bertz CT molecular complexity index is 1180. The van der Waals surface area contributed by atoms with Crippen molar-refractivity contribution in [3.8, 4) is 0 Å². The van der Waals surface area contributed by atoms with Crippen molar-refractivity contribution in [3.05, 3.63) is 58.0 Å². The van der Waals surface area contributed by atoms with Gasteiger partial charge in [-0.1, -0.05) is 29.8 Å². The number of halogens is 4. The molecule has 0 aromatic heterocycles.